The molecule has 0 spiro atoms. The molecule has 0 radical (unpaired) electrons. The quantitative estimate of drug-likeness (QED) is 0.827. The van der Waals surface area contributed by atoms with Gasteiger partial charge in [0.05, 0.1) is 11.7 Å². The van der Waals surface area contributed by atoms with Gasteiger partial charge in [-0.25, -0.2) is 0 Å². The molecule has 0 bridgehead atoms. The van der Waals surface area contributed by atoms with E-state index in [-0.39, 0.29) is 6.04 Å². The number of pyridine rings is 1. The molecular weight excluding hydrogens is 274 g/mol. The molecule has 0 saturated heterocycles. The molecule has 100 valence electrons. The van der Waals surface area contributed by atoms with E-state index in [1.165, 1.54) is 4.88 Å². The molecule has 3 nitrogen and oxygen atoms in total. The Balaban J connectivity index is 2.30. The lowest BCUT2D eigenvalue weighted by Crippen LogP contribution is -2.20. The van der Waals surface area contributed by atoms with Crippen molar-refractivity contribution >= 4 is 34.2 Å². The van der Waals surface area contributed by atoms with Gasteiger partial charge >= 0.3 is 0 Å². The summed E-state index contributed by atoms with van der Waals surface area (Å²) >= 11 is 6.79. The fourth-order valence-electron chi connectivity index (χ4n) is 1.92. The number of hydrogen-bond donors (Lipinski definition) is 2. The normalized spacial score (nSPS) is 12.4. The molecule has 0 amide bonds. The van der Waals surface area contributed by atoms with Gasteiger partial charge < -0.3 is 11.1 Å². The molecular formula is C14H17N3S2. The molecule has 5 heteroatoms. The molecule has 19 heavy (non-hydrogen) atoms. The van der Waals surface area contributed by atoms with Crippen LogP contribution >= 0.6 is 23.6 Å². The van der Waals surface area contributed by atoms with E-state index in [0.29, 0.717) is 16.6 Å². The summed E-state index contributed by atoms with van der Waals surface area (Å²) < 4.78 is 0. The second kappa shape index (κ2) is 6.12. The first-order chi connectivity index (χ1) is 9.09. The number of nitrogens with zero attached hydrogens (tertiary/aromatic N) is 1. The molecule has 0 aliphatic rings. The molecule has 0 saturated carbocycles. The predicted molar refractivity (Wildman–Crippen MR) is 85.6 cm³/mol. The molecule has 2 rings (SSSR count). The highest BCUT2D eigenvalue weighted by Gasteiger charge is 2.18. The molecule has 0 aromatic carbocycles. The van der Waals surface area contributed by atoms with Crippen LogP contribution < -0.4 is 11.1 Å². The molecule has 2 heterocycles. The molecule has 0 aliphatic carbocycles. The molecule has 1 unspecified atom stereocenters. The Labute approximate surface area is 122 Å². The summed E-state index contributed by atoms with van der Waals surface area (Å²) in [6, 6.07) is 8.28. The third-order valence-electron chi connectivity index (χ3n) is 2.87. The zero-order valence-electron chi connectivity index (χ0n) is 11.0. The summed E-state index contributed by atoms with van der Waals surface area (Å²) in [6.45, 7) is 4.38. The number of rotatable bonds is 5. The van der Waals surface area contributed by atoms with Gasteiger partial charge in [0, 0.05) is 11.1 Å². The third-order valence-corrected chi connectivity index (χ3v) is 4.02. The highest BCUT2D eigenvalue weighted by Crippen LogP contribution is 2.30. The second-order valence-electron chi connectivity index (χ2n) is 4.65. The number of hydrogen-bond acceptors (Lipinski definition) is 4. The van der Waals surface area contributed by atoms with Crippen molar-refractivity contribution in [3.63, 3.8) is 0 Å². The van der Waals surface area contributed by atoms with Gasteiger partial charge in [0.25, 0.3) is 0 Å². The van der Waals surface area contributed by atoms with Crippen molar-refractivity contribution in [1.82, 2.24) is 4.98 Å². The van der Waals surface area contributed by atoms with E-state index in [0.717, 1.165) is 5.69 Å². The third kappa shape index (κ3) is 3.30. The number of nitrogens with one attached hydrogen (secondary N) is 1. The maximum absolute atomic E-state index is 5.72. The van der Waals surface area contributed by atoms with Crippen LogP contribution in [-0.4, -0.2) is 9.97 Å². The van der Waals surface area contributed by atoms with Crippen LogP contribution in [0.1, 0.15) is 30.5 Å². The first kappa shape index (κ1) is 14.0. The molecule has 0 fully saturated rings. The number of aromatic nitrogens is 1. The predicted octanol–water partition coefficient (Wildman–Crippen LogP) is 3.59. The van der Waals surface area contributed by atoms with E-state index in [4.69, 9.17) is 18.0 Å². The van der Waals surface area contributed by atoms with E-state index < -0.39 is 0 Å². The fraction of sp³-hybridized carbons (Fsp3) is 0.286. The first-order valence-electron chi connectivity index (χ1n) is 6.14. The van der Waals surface area contributed by atoms with Crippen molar-refractivity contribution in [2.45, 2.75) is 19.9 Å². The Morgan fingerprint density at radius 2 is 2.16 bits per heavy atom. The standard InChI is InChI=1S/C14H17N3S2/c1-9(2)12(11-6-4-8-19-11)17-10-5-3-7-16-13(10)14(15)18/h3-9,12,17H,1-2H3,(H2,15,18). The topological polar surface area (TPSA) is 50.9 Å². The Morgan fingerprint density at radius 3 is 2.74 bits per heavy atom. The van der Waals surface area contributed by atoms with Crippen LogP contribution in [0.15, 0.2) is 35.8 Å². The van der Waals surface area contributed by atoms with E-state index >= 15 is 0 Å². The Hall–Kier alpha value is -1.46. The van der Waals surface area contributed by atoms with Crippen LogP contribution in [-0.2, 0) is 0 Å². The summed E-state index contributed by atoms with van der Waals surface area (Å²) in [7, 11) is 0. The van der Waals surface area contributed by atoms with Crippen molar-refractivity contribution in [2.24, 2.45) is 11.7 Å². The largest absolute Gasteiger partial charge is 0.388 e. The van der Waals surface area contributed by atoms with Crippen molar-refractivity contribution in [3.8, 4) is 0 Å². The molecule has 2 aromatic heterocycles. The van der Waals surface area contributed by atoms with E-state index in [9.17, 15) is 0 Å². The number of thiophene rings is 1. The zero-order valence-corrected chi connectivity index (χ0v) is 12.6. The maximum atomic E-state index is 5.72. The van der Waals surface area contributed by atoms with Crippen molar-refractivity contribution in [1.29, 1.82) is 0 Å². The van der Waals surface area contributed by atoms with Crippen LogP contribution in [0.3, 0.4) is 0 Å². The van der Waals surface area contributed by atoms with Gasteiger partial charge in [0.15, 0.2) is 0 Å². The first-order valence-corrected chi connectivity index (χ1v) is 7.43. The van der Waals surface area contributed by atoms with E-state index in [1.807, 2.05) is 12.1 Å². The Morgan fingerprint density at radius 1 is 1.37 bits per heavy atom. The van der Waals surface area contributed by atoms with Crippen molar-refractivity contribution in [2.75, 3.05) is 5.32 Å². The van der Waals surface area contributed by atoms with Crippen LogP contribution in [0.2, 0.25) is 0 Å². The molecule has 0 aliphatic heterocycles. The minimum Gasteiger partial charge on any atom is -0.388 e. The van der Waals surface area contributed by atoms with Crippen molar-refractivity contribution < 1.29 is 0 Å². The van der Waals surface area contributed by atoms with Gasteiger partial charge in [-0.1, -0.05) is 32.1 Å². The molecule has 3 N–H and O–H groups in total. The minimum absolute atomic E-state index is 0.234. The second-order valence-corrected chi connectivity index (χ2v) is 6.06. The highest BCUT2D eigenvalue weighted by molar-refractivity contribution is 7.80. The summed E-state index contributed by atoms with van der Waals surface area (Å²) in [4.78, 5) is 5.86. The van der Waals surface area contributed by atoms with Crippen LogP contribution in [0.25, 0.3) is 0 Å². The van der Waals surface area contributed by atoms with Gasteiger partial charge in [-0.3, -0.25) is 4.98 Å². The van der Waals surface area contributed by atoms with Crippen LogP contribution in [0.4, 0.5) is 5.69 Å². The lowest BCUT2D eigenvalue weighted by molar-refractivity contribution is 0.553. The molecule has 1 atom stereocenters. The zero-order chi connectivity index (χ0) is 13.8. The van der Waals surface area contributed by atoms with Crippen molar-refractivity contribution in [3.05, 3.63) is 46.4 Å². The van der Waals surface area contributed by atoms with Gasteiger partial charge in [0.2, 0.25) is 0 Å². The average molecular weight is 291 g/mol. The van der Waals surface area contributed by atoms with Gasteiger partial charge in [-0.05, 0) is 29.5 Å². The number of nitrogens with two attached hydrogens (primary N) is 1. The van der Waals surface area contributed by atoms with Crippen LogP contribution in [0, 0.1) is 5.92 Å². The highest BCUT2D eigenvalue weighted by atomic mass is 32.1. The lowest BCUT2D eigenvalue weighted by atomic mass is 10.0. The average Bonchev–Trinajstić information content (AvgIpc) is 2.89. The van der Waals surface area contributed by atoms with Crippen LogP contribution in [0.5, 0.6) is 0 Å². The van der Waals surface area contributed by atoms with Gasteiger partial charge in [-0.2, -0.15) is 0 Å². The Kier molecular flexibility index (Phi) is 4.50. The van der Waals surface area contributed by atoms with E-state index in [1.54, 1.807) is 17.5 Å². The van der Waals surface area contributed by atoms with Gasteiger partial charge in [0.1, 0.15) is 10.7 Å². The van der Waals surface area contributed by atoms with Gasteiger partial charge in [-0.15, -0.1) is 11.3 Å². The summed E-state index contributed by atoms with van der Waals surface area (Å²) in [6.07, 6.45) is 1.70. The smallest absolute Gasteiger partial charge is 0.124 e. The number of thiocarbonyl (C=S) groups is 1. The SMILES string of the molecule is CC(C)C(Nc1cccnc1C(N)=S)c1cccs1. The lowest BCUT2D eigenvalue weighted by Gasteiger charge is -2.23. The number of anilines is 1. The Bertz CT molecular complexity index is 550. The van der Waals surface area contributed by atoms with E-state index in [2.05, 4.69) is 41.7 Å². The minimum atomic E-state index is 0.234. The summed E-state index contributed by atoms with van der Waals surface area (Å²) in [5.41, 5.74) is 7.26. The maximum Gasteiger partial charge on any atom is 0.124 e. The molecule has 2 aromatic rings. The summed E-state index contributed by atoms with van der Waals surface area (Å²) in [5.74, 6) is 0.457. The monoisotopic (exact) mass is 291 g/mol. The summed E-state index contributed by atoms with van der Waals surface area (Å²) in [5, 5.41) is 5.60. The fourth-order valence-corrected chi connectivity index (χ4v) is 3.03.